The Balaban J connectivity index is 2.24. The number of non-ortho nitro benzene ring substituents is 1. The molecule has 2 aromatic rings. The lowest BCUT2D eigenvalue weighted by molar-refractivity contribution is -0.385. The molecule has 0 saturated heterocycles. The average molecular weight is 410 g/mol. The topological polar surface area (TPSA) is 134 Å². The van der Waals surface area contributed by atoms with Crippen molar-refractivity contribution in [2.24, 2.45) is 5.10 Å². The van der Waals surface area contributed by atoms with Gasteiger partial charge in [-0.3, -0.25) is 14.9 Å². The molecule has 0 radical (unpaired) electrons. The maximum absolute atomic E-state index is 12.0. The van der Waals surface area contributed by atoms with Crippen LogP contribution in [-0.2, 0) is 0 Å². The van der Waals surface area contributed by atoms with Gasteiger partial charge >= 0.3 is 0 Å². The summed E-state index contributed by atoms with van der Waals surface area (Å²) in [6, 6.07) is 6.42. The molecule has 0 unspecified atom stereocenters. The molecule has 0 aliphatic carbocycles. The van der Waals surface area contributed by atoms with E-state index in [0.29, 0.717) is 4.47 Å². The highest BCUT2D eigenvalue weighted by Crippen LogP contribution is 2.33. The summed E-state index contributed by atoms with van der Waals surface area (Å²) < 4.78 is 5.44. The van der Waals surface area contributed by atoms with Crippen molar-refractivity contribution in [2.45, 2.75) is 0 Å². The molecule has 0 fully saturated rings. The van der Waals surface area contributed by atoms with E-state index < -0.39 is 10.8 Å². The lowest BCUT2D eigenvalue weighted by Crippen LogP contribution is -2.17. The quantitative estimate of drug-likeness (QED) is 0.394. The number of methoxy groups -OCH3 is 1. The van der Waals surface area contributed by atoms with E-state index >= 15 is 0 Å². The van der Waals surface area contributed by atoms with E-state index in [1.165, 1.54) is 19.2 Å². The average Bonchev–Trinajstić information content (AvgIpc) is 2.58. The van der Waals surface area contributed by atoms with Crippen LogP contribution in [0.5, 0.6) is 17.2 Å². The summed E-state index contributed by atoms with van der Waals surface area (Å²) in [5.74, 6) is -1.41. The molecule has 0 aliphatic rings. The Kier molecular flexibility index (Phi) is 5.55. The van der Waals surface area contributed by atoms with E-state index in [1.54, 1.807) is 6.07 Å². The number of nitro benzene ring substituents is 1. The molecule has 130 valence electrons. The molecule has 10 heteroatoms. The number of nitro groups is 1. The summed E-state index contributed by atoms with van der Waals surface area (Å²) in [5, 5.41) is 34.2. The smallest absolute Gasteiger partial charge is 0.275 e. The number of rotatable bonds is 5. The normalized spacial score (nSPS) is 10.6. The molecule has 1 amide bonds. The van der Waals surface area contributed by atoms with Crippen LogP contribution in [0.2, 0.25) is 0 Å². The van der Waals surface area contributed by atoms with Crippen LogP contribution in [-0.4, -0.2) is 34.4 Å². The van der Waals surface area contributed by atoms with E-state index in [4.69, 9.17) is 4.74 Å². The number of nitrogens with one attached hydrogen (secondary N) is 1. The number of ether oxygens (including phenoxy) is 1. The number of hydrogen-bond acceptors (Lipinski definition) is 7. The second kappa shape index (κ2) is 7.62. The molecule has 0 heterocycles. The molecule has 0 aromatic heterocycles. The summed E-state index contributed by atoms with van der Waals surface area (Å²) >= 11 is 3.18. The van der Waals surface area contributed by atoms with Gasteiger partial charge in [0, 0.05) is 16.1 Å². The standard InChI is InChI=1S/C15H12BrN3O6/c1-25-13-6-10(19(23)24)4-8(14(13)21)7-17-18-15(22)11-5-9(16)2-3-12(11)20/h2-7,20-21H,1H3,(H,18,22)/b17-7+. The third kappa shape index (κ3) is 4.23. The first-order valence-electron chi connectivity index (χ1n) is 6.70. The fourth-order valence-electron chi connectivity index (χ4n) is 1.88. The fraction of sp³-hybridized carbons (Fsp3) is 0.0667. The van der Waals surface area contributed by atoms with Gasteiger partial charge in [-0.05, 0) is 18.2 Å². The third-order valence-corrected chi connectivity index (χ3v) is 3.59. The first-order chi connectivity index (χ1) is 11.8. The molecule has 2 aromatic carbocycles. The molecule has 9 nitrogen and oxygen atoms in total. The Morgan fingerprint density at radius 1 is 1.36 bits per heavy atom. The number of carbonyl (C=O) groups is 1. The van der Waals surface area contributed by atoms with E-state index in [0.717, 1.165) is 18.3 Å². The molecule has 0 saturated carbocycles. The van der Waals surface area contributed by atoms with Gasteiger partial charge in [0.05, 0.1) is 29.9 Å². The highest BCUT2D eigenvalue weighted by Gasteiger charge is 2.16. The number of amides is 1. The van der Waals surface area contributed by atoms with Gasteiger partial charge in [-0.25, -0.2) is 5.43 Å². The summed E-state index contributed by atoms with van der Waals surface area (Å²) in [6.07, 6.45) is 1.03. The Morgan fingerprint density at radius 2 is 2.08 bits per heavy atom. The molecule has 0 aliphatic heterocycles. The lowest BCUT2D eigenvalue weighted by atomic mass is 10.1. The minimum atomic E-state index is -0.702. The number of nitrogens with zero attached hydrogens (tertiary/aromatic N) is 2. The van der Waals surface area contributed by atoms with Crippen molar-refractivity contribution in [1.82, 2.24) is 5.43 Å². The number of phenolic OH excluding ortho intramolecular Hbond substituents is 2. The van der Waals surface area contributed by atoms with Gasteiger partial charge in [-0.15, -0.1) is 0 Å². The maximum Gasteiger partial charge on any atom is 0.275 e. The SMILES string of the molecule is COc1cc([N+](=O)[O-])cc(/C=N/NC(=O)c2cc(Br)ccc2O)c1O. The van der Waals surface area contributed by atoms with Gasteiger partial charge in [-0.1, -0.05) is 15.9 Å². The van der Waals surface area contributed by atoms with Crippen molar-refractivity contribution < 1.29 is 24.7 Å². The van der Waals surface area contributed by atoms with Crippen molar-refractivity contribution in [3.8, 4) is 17.2 Å². The van der Waals surface area contributed by atoms with Crippen LogP contribution in [0.1, 0.15) is 15.9 Å². The minimum Gasteiger partial charge on any atom is -0.507 e. The minimum absolute atomic E-state index is 0.0210. The van der Waals surface area contributed by atoms with E-state index in [2.05, 4.69) is 26.5 Å². The Labute approximate surface area is 149 Å². The number of benzene rings is 2. The summed E-state index contributed by atoms with van der Waals surface area (Å²) in [7, 11) is 1.25. The first kappa shape index (κ1) is 18.2. The number of hydrazone groups is 1. The summed E-state index contributed by atoms with van der Waals surface area (Å²) in [5.41, 5.74) is 1.80. The molecule has 3 N–H and O–H groups in total. The third-order valence-electron chi connectivity index (χ3n) is 3.09. The zero-order valence-corrected chi connectivity index (χ0v) is 14.3. The van der Waals surface area contributed by atoms with Crippen LogP contribution in [0.25, 0.3) is 0 Å². The van der Waals surface area contributed by atoms with Crippen molar-refractivity contribution in [3.63, 3.8) is 0 Å². The maximum atomic E-state index is 12.0. The zero-order chi connectivity index (χ0) is 18.6. The highest BCUT2D eigenvalue weighted by molar-refractivity contribution is 9.10. The number of phenols is 2. The Morgan fingerprint density at radius 3 is 2.72 bits per heavy atom. The summed E-state index contributed by atoms with van der Waals surface area (Å²) in [6.45, 7) is 0. The molecule has 0 bridgehead atoms. The predicted octanol–water partition coefficient (Wildman–Crippen LogP) is 2.54. The second-order valence-corrected chi connectivity index (χ2v) is 5.62. The van der Waals surface area contributed by atoms with Crippen molar-refractivity contribution in [1.29, 1.82) is 0 Å². The number of hydrogen-bond donors (Lipinski definition) is 3. The van der Waals surface area contributed by atoms with Crippen LogP contribution in [0.15, 0.2) is 39.9 Å². The molecular weight excluding hydrogens is 398 g/mol. The first-order valence-corrected chi connectivity index (χ1v) is 7.50. The van der Waals surface area contributed by atoms with Crippen LogP contribution < -0.4 is 10.2 Å². The zero-order valence-electron chi connectivity index (χ0n) is 12.8. The monoisotopic (exact) mass is 409 g/mol. The molecule has 25 heavy (non-hydrogen) atoms. The van der Waals surface area contributed by atoms with Crippen molar-refractivity contribution in [2.75, 3.05) is 7.11 Å². The lowest BCUT2D eigenvalue weighted by Gasteiger charge is -2.06. The van der Waals surface area contributed by atoms with Crippen LogP contribution >= 0.6 is 15.9 Å². The molecule has 0 atom stereocenters. The number of halogens is 1. The van der Waals surface area contributed by atoms with Gasteiger partial charge < -0.3 is 14.9 Å². The molecule has 2 rings (SSSR count). The molecular formula is C15H12BrN3O6. The number of aromatic hydroxyl groups is 2. The van der Waals surface area contributed by atoms with Crippen molar-refractivity contribution in [3.05, 3.63) is 56.0 Å². The van der Waals surface area contributed by atoms with Gasteiger partial charge in [0.15, 0.2) is 11.5 Å². The number of carbonyl (C=O) groups excluding carboxylic acids is 1. The van der Waals surface area contributed by atoms with Crippen LogP contribution in [0, 0.1) is 10.1 Å². The van der Waals surface area contributed by atoms with E-state index in [1.807, 2.05) is 0 Å². The Hall–Kier alpha value is -3.14. The van der Waals surface area contributed by atoms with Gasteiger partial charge in [0.25, 0.3) is 11.6 Å². The molecule has 0 spiro atoms. The largest absolute Gasteiger partial charge is 0.507 e. The van der Waals surface area contributed by atoms with E-state index in [9.17, 15) is 25.1 Å². The van der Waals surface area contributed by atoms with Crippen LogP contribution in [0.4, 0.5) is 5.69 Å². The van der Waals surface area contributed by atoms with Gasteiger partial charge in [-0.2, -0.15) is 5.10 Å². The van der Waals surface area contributed by atoms with Crippen molar-refractivity contribution >= 4 is 33.7 Å². The van der Waals surface area contributed by atoms with E-state index in [-0.39, 0.29) is 34.1 Å². The second-order valence-electron chi connectivity index (χ2n) is 4.70. The predicted molar refractivity (Wildman–Crippen MR) is 92.2 cm³/mol. The highest BCUT2D eigenvalue weighted by atomic mass is 79.9. The fourth-order valence-corrected chi connectivity index (χ4v) is 2.25. The van der Waals surface area contributed by atoms with Gasteiger partial charge in [0.2, 0.25) is 0 Å². The van der Waals surface area contributed by atoms with Crippen LogP contribution in [0.3, 0.4) is 0 Å². The Bertz CT molecular complexity index is 869. The van der Waals surface area contributed by atoms with Gasteiger partial charge in [0.1, 0.15) is 5.75 Å². The summed E-state index contributed by atoms with van der Waals surface area (Å²) in [4.78, 5) is 22.2.